The minimum atomic E-state index is -2.90. The van der Waals surface area contributed by atoms with Gasteiger partial charge in [-0.15, -0.1) is 0 Å². The minimum Gasteiger partial charge on any atom is -0.461 e. The normalized spacial score (nSPS) is 32.8. The maximum absolute atomic E-state index is 12.2. The molecule has 5 nitrogen and oxygen atoms in total. The van der Waals surface area contributed by atoms with E-state index in [1.54, 1.807) is 0 Å². The van der Waals surface area contributed by atoms with Crippen molar-refractivity contribution in [1.29, 1.82) is 0 Å². The molecule has 0 amide bonds. The monoisotopic (exact) mass is 331 g/mol. The molecular formula is C16H29NO4S. The van der Waals surface area contributed by atoms with E-state index in [1.165, 1.54) is 6.42 Å². The fourth-order valence-electron chi connectivity index (χ4n) is 3.55. The summed E-state index contributed by atoms with van der Waals surface area (Å²) in [6.45, 7) is 7.68. The van der Waals surface area contributed by atoms with E-state index in [9.17, 15) is 13.2 Å². The van der Waals surface area contributed by atoms with Crippen LogP contribution in [-0.4, -0.2) is 56.5 Å². The third-order valence-corrected chi connectivity index (χ3v) is 6.64. The van der Waals surface area contributed by atoms with Crippen LogP contribution >= 0.6 is 0 Å². The first kappa shape index (κ1) is 17.7. The fourth-order valence-corrected chi connectivity index (χ4v) is 4.82. The van der Waals surface area contributed by atoms with Crippen LogP contribution < -0.4 is 0 Å². The lowest BCUT2D eigenvalue weighted by molar-refractivity contribution is -0.157. The van der Waals surface area contributed by atoms with Gasteiger partial charge in [-0.1, -0.05) is 27.2 Å². The lowest BCUT2D eigenvalue weighted by atomic mass is 9.75. The van der Waals surface area contributed by atoms with Crippen LogP contribution in [-0.2, 0) is 19.4 Å². The van der Waals surface area contributed by atoms with Crippen LogP contribution in [0.5, 0.6) is 0 Å². The molecule has 0 spiro atoms. The standard InChI is InChI=1S/C16H29NO4S/c1-12(2)14-5-4-13(3)10-15(14)21-16(18)11-17-6-8-22(19,20)9-7-17/h12-15H,4-11H2,1-3H3/t13-,14+,15-/m1/s1. The molecular weight excluding hydrogens is 302 g/mol. The number of hydrogen-bond acceptors (Lipinski definition) is 5. The van der Waals surface area contributed by atoms with Crippen molar-refractivity contribution in [3.63, 3.8) is 0 Å². The molecule has 0 aromatic heterocycles. The summed E-state index contributed by atoms with van der Waals surface area (Å²) in [5.74, 6) is 1.66. The molecule has 6 heteroatoms. The highest BCUT2D eigenvalue weighted by molar-refractivity contribution is 7.91. The molecule has 1 aliphatic carbocycles. The van der Waals surface area contributed by atoms with E-state index in [4.69, 9.17) is 4.74 Å². The molecule has 0 radical (unpaired) electrons. The first-order chi connectivity index (χ1) is 10.3. The number of sulfone groups is 1. The van der Waals surface area contributed by atoms with Crippen molar-refractivity contribution in [2.75, 3.05) is 31.1 Å². The Kier molecular flexibility index (Phi) is 5.88. The molecule has 1 saturated carbocycles. The van der Waals surface area contributed by atoms with Gasteiger partial charge in [0.25, 0.3) is 0 Å². The Bertz CT molecular complexity index is 474. The minimum absolute atomic E-state index is 0.0183. The highest BCUT2D eigenvalue weighted by Gasteiger charge is 2.34. The summed E-state index contributed by atoms with van der Waals surface area (Å²) in [7, 11) is -2.90. The summed E-state index contributed by atoms with van der Waals surface area (Å²) < 4.78 is 28.6. The summed E-state index contributed by atoms with van der Waals surface area (Å²) in [5, 5.41) is 0. The Morgan fingerprint density at radius 1 is 1.23 bits per heavy atom. The molecule has 3 atom stereocenters. The summed E-state index contributed by atoms with van der Waals surface area (Å²) in [6, 6.07) is 0. The molecule has 128 valence electrons. The SMILES string of the molecule is CC(C)[C@@H]1CC[C@@H](C)C[C@H]1OC(=O)CN1CCS(=O)(=O)CC1. The van der Waals surface area contributed by atoms with Crippen molar-refractivity contribution in [3.8, 4) is 0 Å². The molecule has 2 rings (SSSR count). The van der Waals surface area contributed by atoms with E-state index in [2.05, 4.69) is 20.8 Å². The number of carbonyl (C=O) groups is 1. The molecule has 0 unspecified atom stereocenters. The second-order valence-electron chi connectivity index (χ2n) is 7.28. The first-order valence-corrected chi connectivity index (χ1v) is 10.2. The molecule has 0 aromatic rings. The van der Waals surface area contributed by atoms with Crippen LogP contribution in [0.1, 0.15) is 40.0 Å². The van der Waals surface area contributed by atoms with Crippen LogP contribution in [0.25, 0.3) is 0 Å². The van der Waals surface area contributed by atoms with Gasteiger partial charge >= 0.3 is 5.97 Å². The van der Waals surface area contributed by atoms with Gasteiger partial charge in [-0.05, 0) is 30.6 Å². The summed E-state index contributed by atoms with van der Waals surface area (Å²) in [4.78, 5) is 14.1. The summed E-state index contributed by atoms with van der Waals surface area (Å²) in [5.41, 5.74) is 0. The third-order valence-electron chi connectivity index (χ3n) is 5.03. The maximum Gasteiger partial charge on any atom is 0.320 e. The lowest BCUT2D eigenvalue weighted by Crippen LogP contribution is -2.44. The number of carbonyl (C=O) groups excluding carboxylic acids is 1. The van der Waals surface area contributed by atoms with Crippen LogP contribution in [0.4, 0.5) is 0 Å². The summed E-state index contributed by atoms with van der Waals surface area (Å²) >= 11 is 0. The van der Waals surface area contributed by atoms with Gasteiger partial charge in [-0.25, -0.2) is 8.42 Å². The van der Waals surface area contributed by atoms with Gasteiger partial charge in [-0.3, -0.25) is 9.69 Å². The van der Waals surface area contributed by atoms with E-state index in [0.29, 0.717) is 30.8 Å². The smallest absolute Gasteiger partial charge is 0.320 e. The van der Waals surface area contributed by atoms with Crippen molar-refractivity contribution in [2.24, 2.45) is 17.8 Å². The highest BCUT2D eigenvalue weighted by Crippen LogP contribution is 2.35. The Labute approximate surface area is 134 Å². The topological polar surface area (TPSA) is 63.7 Å². The van der Waals surface area contributed by atoms with E-state index in [1.807, 2.05) is 4.90 Å². The van der Waals surface area contributed by atoms with Crippen LogP contribution in [0.3, 0.4) is 0 Å². The van der Waals surface area contributed by atoms with E-state index in [-0.39, 0.29) is 30.1 Å². The van der Waals surface area contributed by atoms with Gasteiger partial charge in [0.05, 0.1) is 18.1 Å². The predicted octanol–water partition coefficient (Wildman–Crippen LogP) is 1.72. The zero-order valence-electron chi connectivity index (χ0n) is 14.0. The second-order valence-corrected chi connectivity index (χ2v) is 9.59. The Balaban J connectivity index is 1.85. The number of hydrogen-bond donors (Lipinski definition) is 0. The van der Waals surface area contributed by atoms with Crippen molar-refractivity contribution >= 4 is 15.8 Å². The zero-order valence-corrected chi connectivity index (χ0v) is 14.8. The molecule has 1 aliphatic heterocycles. The van der Waals surface area contributed by atoms with Crippen molar-refractivity contribution in [3.05, 3.63) is 0 Å². The van der Waals surface area contributed by atoms with Crippen molar-refractivity contribution in [1.82, 2.24) is 4.90 Å². The van der Waals surface area contributed by atoms with Gasteiger partial charge in [0.1, 0.15) is 6.10 Å². The Hall–Kier alpha value is -0.620. The average molecular weight is 331 g/mol. The average Bonchev–Trinajstić information content (AvgIpc) is 2.41. The fraction of sp³-hybridized carbons (Fsp3) is 0.938. The molecule has 0 aromatic carbocycles. The largest absolute Gasteiger partial charge is 0.461 e. The molecule has 2 aliphatic rings. The van der Waals surface area contributed by atoms with Crippen molar-refractivity contribution in [2.45, 2.75) is 46.1 Å². The molecule has 2 fully saturated rings. The Morgan fingerprint density at radius 3 is 2.45 bits per heavy atom. The van der Waals surface area contributed by atoms with Crippen LogP contribution in [0.15, 0.2) is 0 Å². The quantitative estimate of drug-likeness (QED) is 0.734. The van der Waals surface area contributed by atoms with Gasteiger partial charge in [0.2, 0.25) is 0 Å². The van der Waals surface area contributed by atoms with Gasteiger partial charge in [0.15, 0.2) is 9.84 Å². The maximum atomic E-state index is 12.2. The van der Waals surface area contributed by atoms with E-state index >= 15 is 0 Å². The number of nitrogens with zero attached hydrogens (tertiary/aromatic N) is 1. The highest BCUT2D eigenvalue weighted by atomic mass is 32.2. The van der Waals surface area contributed by atoms with E-state index in [0.717, 1.165) is 12.8 Å². The van der Waals surface area contributed by atoms with Crippen LogP contribution in [0.2, 0.25) is 0 Å². The van der Waals surface area contributed by atoms with Crippen molar-refractivity contribution < 1.29 is 17.9 Å². The van der Waals surface area contributed by atoms with Gasteiger partial charge < -0.3 is 4.74 Å². The molecule has 22 heavy (non-hydrogen) atoms. The first-order valence-electron chi connectivity index (χ1n) is 8.39. The molecule has 0 N–H and O–H groups in total. The van der Waals surface area contributed by atoms with E-state index < -0.39 is 9.84 Å². The predicted molar refractivity (Wildman–Crippen MR) is 86.3 cm³/mol. The van der Waals surface area contributed by atoms with Crippen LogP contribution in [0, 0.1) is 17.8 Å². The molecule has 0 bridgehead atoms. The molecule has 1 heterocycles. The number of esters is 1. The zero-order chi connectivity index (χ0) is 16.3. The number of ether oxygens (including phenoxy) is 1. The van der Waals surface area contributed by atoms with Gasteiger partial charge in [0, 0.05) is 13.1 Å². The Morgan fingerprint density at radius 2 is 1.86 bits per heavy atom. The third kappa shape index (κ3) is 4.95. The van der Waals surface area contributed by atoms with Gasteiger partial charge in [-0.2, -0.15) is 0 Å². The lowest BCUT2D eigenvalue weighted by Gasteiger charge is -2.37. The molecule has 1 saturated heterocycles. The number of rotatable bonds is 4. The summed E-state index contributed by atoms with van der Waals surface area (Å²) in [6.07, 6.45) is 3.30. The second kappa shape index (κ2) is 7.30.